The van der Waals surface area contributed by atoms with E-state index in [0.717, 1.165) is 0 Å². The van der Waals surface area contributed by atoms with Gasteiger partial charge in [0.2, 0.25) is 16.5 Å². The van der Waals surface area contributed by atoms with Gasteiger partial charge in [0.15, 0.2) is 8.32 Å². The number of halogens is 2. The molecule has 160 valence electrons. The lowest BCUT2D eigenvalue weighted by atomic mass is 10.2. The van der Waals surface area contributed by atoms with Crippen LogP contribution < -0.4 is 4.90 Å². The Hall–Kier alpha value is -0.513. The van der Waals surface area contributed by atoms with Gasteiger partial charge in [-0.1, -0.05) is 41.5 Å². The summed E-state index contributed by atoms with van der Waals surface area (Å²) in [5, 5.41) is 10.6. The number of rotatable bonds is 8. The van der Waals surface area contributed by atoms with Crippen molar-refractivity contribution in [2.45, 2.75) is 83.0 Å². The highest BCUT2D eigenvalue weighted by molar-refractivity contribution is 6.77. The number of anilines is 1. The first kappa shape index (κ1) is 23.8. The molecule has 0 aromatic carbocycles. The van der Waals surface area contributed by atoms with Gasteiger partial charge in [0.05, 0.1) is 12.7 Å². The fraction of sp³-hybridized carbons (Fsp3) is 0.833. The molecule has 3 atom stereocenters. The third kappa shape index (κ3) is 4.96. The summed E-state index contributed by atoms with van der Waals surface area (Å²) in [6.07, 6.45) is -1.00. The molecular weight excluding hydrogens is 419 g/mol. The predicted molar refractivity (Wildman–Crippen MR) is 115 cm³/mol. The van der Waals surface area contributed by atoms with Crippen molar-refractivity contribution in [2.75, 3.05) is 18.6 Å². The van der Waals surface area contributed by atoms with Gasteiger partial charge in [-0.3, -0.25) is 0 Å². The van der Waals surface area contributed by atoms with Crippen LogP contribution in [0, 0.1) is 0 Å². The molecule has 0 unspecified atom stereocenters. The topological polar surface area (TPSA) is 80.6 Å². The van der Waals surface area contributed by atoms with Crippen LogP contribution in [0.2, 0.25) is 27.2 Å². The van der Waals surface area contributed by atoms with E-state index in [1.165, 1.54) is 0 Å². The second-order valence-corrected chi connectivity index (χ2v) is 14.5. The molecule has 2 rings (SSSR count). The van der Waals surface area contributed by atoms with E-state index in [1.807, 2.05) is 0 Å². The fourth-order valence-electron chi connectivity index (χ4n) is 4.44. The molecule has 1 aromatic rings. The van der Waals surface area contributed by atoms with Crippen LogP contribution in [0.3, 0.4) is 0 Å². The maximum atomic E-state index is 10.6. The number of aliphatic hydroxyl groups excluding tert-OH is 1. The SMILES string of the molecule is CC(C)[Si](OC[C@H]1O[C@@H](N(C)c2nc(Cl)nc(Cl)n2)C[C@@H]1O)(C(C)C)C(C)C. The smallest absolute Gasteiger partial charge is 0.232 e. The minimum Gasteiger partial charge on any atom is -0.413 e. The van der Waals surface area contributed by atoms with Crippen LogP contribution >= 0.6 is 23.2 Å². The molecule has 1 aromatic heterocycles. The van der Waals surface area contributed by atoms with Gasteiger partial charge in [0.1, 0.15) is 12.3 Å². The van der Waals surface area contributed by atoms with Gasteiger partial charge in [-0.25, -0.2) is 0 Å². The molecule has 1 N–H and O–H groups in total. The van der Waals surface area contributed by atoms with Gasteiger partial charge in [-0.15, -0.1) is 0 Å². The summed E-state index contributed by atoms with van der Waals surface area (Å²) in [7, 11) is -0.250. The summed E-state index contributed by atoms with van der Waals surface area (Å²) in [4.78, 5) is 13.6. The minimum absolute atomic E-state index is 0.0156. The van der Waals surface area contributed by atoms with E-state index >= 15 is 0 Å². The van der Waals surface area contributed by atoms with Crippen molar-refractivity contribution in [1.29, 1.82) is 0 Å². The van der Waals surface area contributed by atoms with Gasteiger partial charge < -0.3 is 19.2 Å². The third-order valence-corrected chi connectivity index (χ3v) is 12.1. The Labute approximate surface area is 178 Å². The Morgan fingerprint density at radius 3 is 2.04 bits per heavy atom. The van der Waals surface area contributed by atoms with E-state index in [-0.39, 0.29) is 10.6 Å². The fourth-order valence-corrected chi connectivity index (χ4v) is 10.2. The predicted octanol–water partition coefficient (Wildman–Crippen LogP) is 4.28. The summed E-state index contributed by atoms with van der Waals surface area (Å²) in [5.74, 6) is 0.305. The molecule has 28 heavy (non-hydrogen) atoms. The van der Waals surface area contributed by atoms with Gasteiger partial charge in [-0.2, -0.15) is 15.0 Å². The second-order valence-electron chi connectivity index (χ2n) is 8.35. The first-order valence-electron chi connectivity index (χ1n) is 9.76. The van der Waals surface area contributed by atoms with Crippen molar-refractivity contribution < 1.29 is 14.3 Å². The molecule has 7 nitrogen and oxygen atoms in total. The Balaban J connectivity index is 2.08. The first-order chi connectivity index (χ1) is 13.0. The van der Waals surface area contributed by atoms with Gasteiger partial charge in [0, 0.05) is 13.5 Å². The molecule has 0 spiro atoms. The zero-order chi connectivity index (χ0) is 21.2. The molecule has 1 aliphatic heterocycles. The summed E-state index contributed by atoms with van der Waals surface area (Å²) < 4.78 is 12.7. The number of hydrogen-bond acceptors (Lipinski definition) is 7. The molecule has 2 heterocycles. The molecule has 10 heteroatoms. The average molecular weight is 451 g/mol. The molecule has 0 aliphatic carbocycles. The van der Waals surface area contributed by atoms with E-state index in [9.17, 15) is 5.11 Å². The van der Waals surface area contributed by atoms with Crippen LogP contribution in [0.1, 0.15) is 48.0 Å². The third-order valence-electron chi connectivity index (χ3n) is 5.73. The maximum absolute atomic E-state index is 10.6. The Bertz CT molecular complexity index is 624. The summed E-state index contributed by atoms with van der Waals surface area (Å²) in [5.41, 5.74) is 1.41. The largest absolute Gasteiger partial charge is 0.413 e. The standard InChI is InChI=1S/C18H32Cl2N4O3Si/c1-10(2)28(11(3)4,12(5)6)26-9-14-13(25)8-15(27-14)24(7)18-22-16(19)21-17(20)23-18/h10-15,25H,8-9H2,1-7H3/t13-,14+,15+/m0/s1. The molecule has 0 bridgehead atoms. The van der Waals surface area contributed by atoms with Gasteiger partial charge >= 0.3 is 0 Å². The zero-order valence-corrected chi connectivity index (χ0v) is 20.2. The van der Waals surface area contributed by atoms with Crippen molar-refractivity contribution in [2.24, 2.45) is 0 Å². The van der Waals surface area contributed by atoms with E-state index < -0.39 is 26.8 Å². The van der Waals surface area contributed by atoms with E-state index in [2.05, 4.69) is 56.5 Å². The summed E-state index contributed by atoms with van der Waals surface area (Å²) >= 11 is 11.7. The Kier molecular flexibility index (Phi) is 8.09. The van der Waals surface area contributed by atoms with Crippen LogP contribution in [-0.4, -0.2) is 60.5 Å². The first-order valence-corrected chi connectivity index (χ1v) is 12.7. The van der Waals surface area contributed by atoms with Crippen molar-refractivity contribution in [3.05, 3.63) is 10.6 Å². The van der Waals surface area contributed by atoms with Crippen LogP contribution in [0.4, 0.5) is 5.95 Å². The Morgan fingerprint density at radius 1 is 1.07 bits per heavy atom. The average Bonchev–Trinajstić information content (AvgIpc) is 2.93. The summed E-state index contributed by atoms with van der Waals surface area (Å²) in [6.45, 7) is 13.8. The quantitative estimate of drug-likeness (QED) is 0.591. The summed E-state index contributed by atoms with van der Waals surface area (Å²) in [6, 6.07) is 0. The Morgan fingerprint density at radius 2 is 1.57 bits per heavy atom. The molecule has 0 radical (unpaired) electrons. The highest BCUT2D eigenvalue weighted by Crippen LogP contribution is 2.42. The van der Waals surface area contributed by atoms with E-state index in [4.69, 9.17) is 32.4 Å². The molecule has 1 fully saturated rings. The normalized spacial score (nSPS) is 23.2. The van der Waals surface area contributed by atoms with E-state index in [0.29, 0.717) is 35.6 Å². The maximum Gasteiger partial charge on any atom is 0.232 e. The van der Waals surface area contributed by atoms with Gasteiger partial charge in [-0.05, 0) is 39.8 Å². The van der Waals surface area contributed by atoms with Crippen molar-refractivity contribution in [3.63, 3.8) is 0 Å². The molecule has 0 amide bonds. The lowest BCUT2D eigenvalue weighted by molar-refractivity contribution is -0.0192. The van der Waals surface area contributed by atoms with Gasteiger partial charge in [0.25, 0.3) is 0 Å². The van der Waals surface area contributed by atoms with Crippen molar-refractivity contribution >= 4 is 37.5 Å². The van der Waals surface area contributed by atoms with Crippen LogP contribution in [-0.2, 0) is 9.16 Å². The number of ether oxygens (including phenoxy) is 1. The van der Waals surface area contributed by atoms with Crippen LogP contribution in [0.15, 0.2) is 0 Å². The highest BCUT2D eigenvalue weighted by atomic mass is 35.5. The van der Waals surface area contributed by atoms with Crippen molar-refractivity contribution in [1.82, 2.24) is 15.0 Å². The van der Waals surface area contributed by atoms with Crippen molar-refractivity contribution in [3.8, 4) is 0 Å². The number of hydrogen-bond donors (Lipinski definition) is 1. The molecule has 0 saturated carbocycles. The minimum atomic E-state index is -2.03. The van der Waals surface area contributed by atoms with E-state index in [1.54, 1.807) is 11.9 Å². The number of nitrogens with zero attached hydrogens (tertiary/aromatic N) is 4. The molecule has 1 aliphatic rings. The highest BCUT2D eigenvalue weighted by Gasteiger charge is 2.47. The number of aliphatic hydroxyl groups is 1. The molecule has 1 saturated heterocycles. The van der Waals surface area contributed by atoms with Crippen LogP contribution in [0.25, 0.3) is 0 Å². The molecular formula is C18H32Cl2N4O3Si. The lowest BCUT2D eigenvalue weighted by Crippen LogP contribution is -2.49. The lowest BCUT2D eigenvalue weighted by Gasteiger charge is -2.42. The second kappa shape index (κ2) is 9.53. The number of aromatic nitrogens is 3. The van der Waals surface area contributed by atoms with Crippen LogP contribution in [0.5, 0.6) is 0 Å². The monoisotopic (exact) mass is 450 g/mol. The zero-order valence-electron chi connectivity index (χ0n) is 17.7.